The third-order valence-electron chi connectivity index (χ3n) is 3.68. The summed E-state index contributed by atoms with van der Waals surface area (Å²) in [5.41, 5.74) is -0.180. The molecule has 0 amide bonds. The van der Waals surface area contributed by atoms with Crippen LogP contribution in [-0.2, 0) is 4.74 Å². The Kier molecular flexibility index (Phi) is 3.47. The SMILES string of the molecule is CCCC/C=C/[C@H](O)[C@@]12CCCCC1O2. The van der Waals surface area contributed by atoms with Crippen molar-refractivity contribution in [2.24, 2.45) is 0 Å². The van der Waals surface area contributed by atoms with Gasteiger partial charge in [-0.05, 0) is 19.3 Å². The van der Waals surface area contributed by atoms with Crippen LogP contribution in [0.2, 0.25) is 0 Å². The lowest BCUT2D eigenvalue weighted by atomic mass is 9.85. The summed E-state index contributed by atoms with van der Waals surface area (Å²) in [5, 5.41) is 10.1. The highest BCUT2D eigenvalue weighted by molar-refractivity contribution is 5.15. The third kappa shape index (κ3) is 2.26. The van der Waals surface area contributed by atoms with Gasteiger partial charge in [0.15, 0.2) is 0 Å². The molecule has 3 atom stereocenters. The summed E-state index contributed by atoms with van der Waals surface area (Å²) in [6.07, 6.45) is 12.2. The van der Waals surface area contributed by atoms with Gasteiger partial charge in [0.1, 0.15) is 11.7 Å². The number of rotatable bonds is 5. The summed E-state index contributed by atoms with van der Waals surface area (Å²) in [6, 6.07) is 0. The second kappa shape index (κ2) is 4.67. The van der Waals surface area contributed by atoms with Crippen molar-refractivity contribution >= 4 is 0 Å². The van der Waals surface area contributed by atoms with E-state index in [-0.39, 0.29) is 11.7 Å². The zero-order valence-corrected chi connectivity index (χ0v) is 9.61. The van der Waals surface area contributed by atoms with Crippen LogP contribution in [0.4, 0.5) is 0 Å². The smallest absolute Gasteiger partial charge is 0.124 e. The molecule has 1 aliphatic heterocycles. The van der Waals surface area contributed by atoms with Gasteiger partial charge < -0.3 is 9.84 Å². The lowest BCUT2D eigenvalue weighted by Crippen LogP contribution is -2.32. The number of allylic oxidation sites excluding steroid dienone is 1. The van der Waals surface area contributed by atoms with Crippen molar-refractivity contribution in [2.75, 3.05) is 0 Å². The molecular formula is C13H22O2. The molecule has 0 spiro atoms. The van der Waals surface area contributed by atoms with E-state index in [0.717, 1.165) is 19.3 Å². The number of hydrogen-bond acceptors (Lipinski definition) is 2. The van der Waals surface area contributed by atoms with Gasteiger partial charge in [-0.25, -0.2) is 0 Å². The van der Waals surface area contributed by atoms with Crippen LogP contribution < -0.4 is 0 Å². The van der Waals surface area contributed by atoms with E-state index >= 15 is 0 Å². The van der Waals surface area contributed by atoms with E-state index in [2.05, 4.69) is 13.0 Å². The predicted octanol–water partition coefficient (Wildman–Crippen LogP) is 2.81. The molecule has 86 valence electrons. The van der Waals surface area contributed by atoms with Crippen molar-refractivity contribution in [2.45, 2.75) is 69.7 Å². The monoisotopic (exact) mass is 210 g/mol. The summed E-state index contributed by atoms with van der Waals surface area (Å²) in [7, 11) is 0. The molecule has 0 radical (unpaired) electrons. The highest BCUT2D eigenvalue weighted by Gasteiger charge is 2.60. The van der Waals surface area contributed by atoms with Gasteiger partial charge in [-0.2, -0.15) is 0 Å². The maximum Gasteiger partial charge on any atom is 0.124 e. The molecular weight excluding hydrogens is 188 g/mol. The summed E-state index contributed by atoms with van der Waals surface area (Å²) in [4.78, 5) is 0. The summed E-state index contributed by atoms with van der Waals surface area (Å²) in [5.74, 6) is 0. The first-order valence-electron chi connectivity index (χ1n) is 6.32. The number of hydrogen-bond donors (Lipinski definition) is 1. The normalized spacial score (nSPS) is 36.5. The Morgan fingerprint density at radius 3 is 3.13 bits per heavy atom. The Morgan fingerprint density at radius 2 is 2.40 bits per heavy atom. The second-order valence-corrected chi connectivity index (χ2v) is 4.82. The predicted molar refractivity (Wildman–Crippen MR) is 60.7 cm³/mol. The largest absolute Gasteiger partial charge is 0.386 e. The first-order valence-corrected chi connectivity index (χ1v) is 6.32. The number of fused-ring (bicyclic) bond motifs is 1. The van der Waals surface area contributed by atoms with Crippen LogP contribution in [0.5, 0.6) is 0 Å². The van der Waals surface area contributed by atoms with Crippen LogP contribution in [0.25, 0.3) is 0 Å². The van der Waals surface area contributed by atoms with E-state index in [0.29, 0.717) is 6.10 Å². The van der Waals surface area contributed by atoms with Gasteiger partial charge in [-0.3, -0.25) is 0 Å². The topological polar surface area (TPSA) is 32.8 Å². The van der Waals surface area contributed by atoms with Crippen molar-refractivity contribution < 1.29 is 9.84 Å². The van der Waals surface area contributed by atoms with Gasteiger partial charge in [-0.1, -0.05) is 44.8 Å². The highest BCUT2D eigenvalue weighted by atomic mass is 16.6. The van der Waals surface area contributed by atoms with Crippen LogP contribution in [0.1, 0.15) is 51.9 Å². The quantitative estimate of drug-likeness (QED) is 0.430. The van der Waals surface area contributed by atoms with Gasteiger partial charge in [0.25, 0.3) is 0 Å². The lowest BCUT2D eigenvalue weighted by Gasteiger charge is -2.20. The van der Waals surface area contributed by atoms with Gasteiger partial charge >= 0.3 is 0 Å². The minimum absolute atomic E-state index is 0.180. The molecule has 1 unspecified atom stereocenters. The molecule has 1 saturated carbocycles. The van der Waals surface area contributed by atoms with Crippen LogP contribution >= 0.6 is 0 Å². The van der Waals surface area contributed by atoms with E-state index in [1.807, 2.05) is 6.08 Å². The first-order chi connectivity index (χ1) is 7.29. The summed E-state index contributed by atoms with van der Waals surface area (Å²) < 4.78 is 5.68. The molecule has 0 bridgehead atoms. The Labute approximate surface area is 92.3 Å². The minimum Gasteiger partial charge on any atom is -0.386 e. The standard InChI is InChI=1S/C13H22O2/c1-2-3-4-5-8-11(14)13-10-7-6-9-12(13)15-13/h5,8,11-12,14H,2-4,6-7,9-10H2,1H3/b8-5+/t11-,12?,13-/m0/s1. The number of ether oxygens (including phenoxy) is 1. The molecule has 2 heteroatoms. The zero-order chi connectivity index (χ0) is 10.7. The van der Waals surface area contributed by atoms with E-state index in [9.17, 15) is 5.11 Å². The van der Waals surface area contributed by atoms with Gasteiger partial charge in [0, 0.05) is 0 Å². The van der Waals surface area contributed by atoms with Gasteiger partial charge in [0.05, 0.1) is 6.10 Å². The first kappa shape index (κ1) is 11.2. The van der Waals surface area contributed by atoms with Crippen LogP contribution in [-0.4, -0.2) is 22.9 Å². The molecule has 1 heterocycles. The fraction of sp³-hybridized carbons (Fsp3) is 0.846. The molecule has 2 aliphatic rings. The van der Waals surface area contributed by atoms with E-state index in [4.69, 9.17) is 4.74 Å². The second-order valence-electron chi connectivity index (χ2n) is 4.82. The van der Waals surface area contributed by atoms with E-state index in [1.54, 1.807) is 0 Å². The molecule has 2 rings (SSSR count). The van der Waals surface area contributed by atoms with Crippen molar-refractivity contribution in [3.63, 3.8) is 0 Å². The molecule has 2 fully saturated rings. The molecule has 1 aliphatic carbocycles. The Bertz CT molecular complexity index is 237. The van der Waals surface area contributed by atoms with Crippen molar-refractivity contribution in [3.05, 3.63) is 12.2 Å². The third-order valence-corrected chi connectivity index (χ3v) is 3.68. The number of aliphatic hydroxyl groups is 1. The number of unbranched alkanes of at least 4 members (excludes halogenated alkanes) is 2. The number of epoxide rings is 1. The minimum atomic E-state index is -0.375. The fourth-order valence-electron chi connectivity index (χ4n) is 2.60. The molecule has 2 nitrogen and oxygen atoms in total. The van der Waals surface area contributed by atoms with E-state index < -0.39 is 0 Å². The van der Waals surface area contributed by atoms with Crippen molar-refractivity contribution in [1.29, 1.82) is 0 Å². The summed E-state index contributed by atoms with van der Waals surface area (Å²) in [6.45, 7) is 2.18. The zero-order valence-electron chi connectivity index (χ0n) is 9.61. The fourth-order valence-corrected chi connectivity index (χ4v) is 2.60. The Morgan fingerprint density at radius 1 is 1.53 bits per heavy atom. The summed E-state index contributed by atoms with van der Waals surface area (Å²) >= 11 is 0. The molecule has 1 N–H and O–H groups in total. The van der Waals surface area contributed by atoms with Crippen LogP contribution in [0.15, 0.2) is 12.2 Å². The highest BCUT2D eigenvalue weighted by Crippen LogP contribution is 2.50. The van der Waals surface area contributed by atoms with Crippen LogP contribution in [0, 0.1) is 0 Å². The van der Waals surface area contributed by atoms with Gasteiger partial charge in [0.2, 0.25) is 0 Å². The number of aliphatic hydroxyl groups excluding tert-OH is 1. The van der Waals surface area contributed by atoms with Gasteiger partial charge in [-0.15, -0.1) is 0 Å². The van der Waals surface area contributed by atoms with Crippen LogP contribution in [0.3, 0.4) is 0 Å². The average molecular weight is 210 g/mol. The Hall–Kier alpha value is -0.340. The molecule has 0 aromatic rings. The van der Waals surface area contributed by atoms with E-state index in [1.165, 1.54) is 25.7 Å². The molecule has 15 heavy (non-hydrogen) atoms. The maximum absolute atomic E-state index is 10.1. The molecule has 0 aromatic heterocycles. The molecule has 1 saturated heterocycles. The van der Waals surface area contributed by atoms with Crippen molar-refractivity contribution in [1.82, 2.24) is 0 Å². The lowest BCUT2D eigenvalue weighted by molar-refractivity contribution is 0.104. The average Bonchev–Trinajstić information content (AvgIpc) is 2.99. The maximum atomic E-state index is 10.1. The van der Waals surface area contributed by atoms with Crippen molar-refractivity contribution in [3.8, 4) is 0 Å². The molecule has 0 aromatic carbocycles. The Balaban J connectivity index is 1.80.